The first-order valence-corrected chi connectivity index (χ1v) is 8.26. The molecule has 0 rings (SSSR count). The maximum Gasteiger partial charge on any atom is 0.261 e. The first kappa shape index (κ1) is 13.5. The molecule has 0 radical (unpaired) electrons. The summed E-state index contributed by atoms with van der Waals surface area (Å²) in [7, 11) is 4.42. The lowest BCUT2D eigenvalue weighted by Gasteiger charge is -2.23. The zero-order valence-electron chi connectivity index (χ0n) is 10.1. The van der Waals surface area contributed by atoms with Gasteiger partial charge in [-0.15, -0.1) is 0 Å². The Hall–Kier alpha value is 0.492. The molecule has 0 aromatic heterocycles. The van der Waals surface area contributed by atoms with Crippen LogP contribution in [0.3, 0.4) is 0 Å². The second-order valence-electron chi connectivity index (χ2n) is 4.29. The number of hydrogen-bond acceptors (Lipinski definition) is 1. The van der Waals surface area contributed by atoms with Crippen LogP contribution < -0.4 is 0 Å². The molecule has 78 valence electrons. The SMILES string of the molecule is CCC(C[CH2][Al]([CH2]C)[CH2]C)N(C)C. The highest BCUT2D eigenvalue weighted by Gasteiger charge is 2.15. The highest BCUT2D eigenvalue weighted by molar-refractivity contribution is 6.58. The molecule has 0 saturated carbocycles. The van der Waals surface area contributed by atoms with Crippen LogP contribution in [0.25, 0.3) is 0 Å². The Bertz CT molecular complexity index is 111. The van der Waals surface area contributed by atoms with Crippen LogP contribution >= 0.6 is 0 Å². The van der Waals surface area contributed by atoms with Gasteiger partial charge in [0.15, 0.2) is 0 Å². The molecular weight excluding hydrogens is 173 g/mol. The Morgan fingerprint density at radius 1 is 1.08 bits per heavy atom. The van der Waals surface area contributed by atoms with Gasteiger partial charge < -0.3 is 4.90 Å². The van der Waals surface area contributed by atoms with Crippen molar-refractivity contribution in [3.63, 3.8) is 0 Å². The average Bonchev–Trinajstić information content (AvgIpc) is 2.12. The second-order valence-corrected chi connectivity index (χ2v) is 8.23. The van der Waals surface area contributed by atoms with Crippen molar-refractivity contribution in [2.45, 2.75) is 55.5 Å². The summed E-state index contributed by atoms with van der Waals surface area (Å²) < 4.78 is 0. The van der Waals surface area contributed by atoms with Crippen molar-refractivity contribution in [2.75, 3.05) is 14.1 Å². The van der Waals surface area contributed by atoms with Crippen molar-refractivity contribution in [1.82, 2.24) is 4.90 Å². The monoisotopic (exact) mass is 199 g/mol. The molecule has 0 aromatic carbocycles. The Morgan fingerprint density at radius 3 is 1.92 bits per heavy atom. The number of rotatable bonds is 7. The molecule has 0 aromatic rings. The lowest BCUT2D eigenvalue weighted by molar-refractivity contribution is 0.278. The van der Waals surface area contributed by atoms with Gasteiger partial charge in [0.1, 0.15) is 0 Å². The zero-order chi connectivity index (χ0) is 10.3. The zero-order valence-corrected chi connectivity index (χ0v) is 11.3. The molecular formula is C11H26AlN. The lowest BCUT2D eigenvalue weighted by Crippen LogP contribution is -2.28. The van der Waals surface area contributed by atoms with E-state index in [-0.39, 0.29) is 14.1 Å². The third kappa shape index (κ3) is 5.73. The van der Waals surface area contributed by atoms with Crippen LogP contribution in [0.5, 0.6) is 0 Å². The van der Waals surface area contributed by atoms with E-state index in [4.69, 9.17) is 0 Å². The molecule has 0 N–H and O–H groups in total. The fourth-order valence-corrected chi connectivity index (χ4v) is 4.20. The summed E-state index contributed by atoms with van der Waals surface area (Å²) in [6, 6.07) is 0.827. The van der Waals surface area contributed by atoms with Gasteiger partial charge in [-0.25, -0.2) is 0 Å². The van der Waals surface area contributed by atoms with E-state index in [0.29, 0.717) is 0 Å². The predicted molar refractivity (Wildman–Crippen MR) is 63.9 cm³/mol. The molecule has 1 unspecified atom stereocenters. The van der Waals surface area contributed by atoms with Gasteiger partial charge in [-0.3, -0.25) is 0 Å². The molecule has 1 nitrogen and oxygen atoms in total. The van der Waals surface area contributed by atoms with Crippen LogP contribution in [-0.2, 0) is 0 Å². The third-order valence-corrected chi connectivity index (χ3v) is 6.72. The minimum Gasteiger partial charge on any atom is -0.307 e. The van der Waals surface area contributed by atoms with Gasteiger partial charge in [0.25, 0.3) is 14.1 Å². The molecule has 0 aliphatic heterocycles. The third-order valence-electron chi connectivity index (χ3n) is 3.26. The topological polar surface area (TPSA) is 3.24 Å². The van der Waals surface area contributed by atoms with E-state index in [1.165, 1.54) is 23.4 Å². The summed E-state index contributed by atoms with van der Waals surface area (Å²) in [4.78, 5) is 2.39. The molecule has 0 aliphatic carbocycles. The van der Waals surface area contributed by atoms with E-state index in [1.54, 1.807) is 5.28 Å². The summed E-state index contributed by atoms with van der Waals surface area (Å²) >= 11 is -0.330. The highest BCUT2D eigenvalue weighted by Crippen LogP contribution is 2.13. The lowest BCUT2D eigenvalue weighted by atomic mass is 10.1. The fourth-order valence-electron chi connectivity index (χ4n) is 1.95. The van der Waals surface area contributed by atoms with Crippen LogP contribution in [-0.4, -0.2) is 39.2 Å². The molecule has 13 heavy (non-hydrogen) atoms. The molecule has 0 fully saturated rings. The molecule has 0 amide bonds. The first-order valence-electron chi connectivity index (χ1n) is 5.82. The summed E-state index contributed by atoms with van der Waals surface area (Å²) in [6.45, 7) is 7.05. The summed E-state index contributed by atoms with van der Waals surface area (Å²) in [6.07, 6.45) is 2.74. The van der Waals surface area contributed by atoms with Gasteiger partial charge in [0.2, 0.25) is 0 Å². The van der Waals surface area contributed by atoms with Crippen LogP contribution in [0, 0.1) is 0 Å². The van der Waals surface area contributed by atoms with E-state index in [9.17, 15) is 0 Å². The van der Waals surface area contributed by atoms with E-state index < -0.39 is 0 Å². The summed E-state index contributed by atoms with van der Waals surface area (Å²) in [5.41, 5.74) is 0. The second kappa shape index (κ2) is 7.86. The average molecular weight is 199 g/mol. The van der Waals surface area contributed by atoms with Gasteiger partial charge >= 0.3 is 0 Å². The summed E-state index contributed by atoms with van der Waals surface area (Å²) in [5, 5.41) is 4.52. The molecule has 1 atom stereocenters. The maximum absolute atomic E-state index is 2.39. The quantitative estimate of drug-likeness (QED) is 0.569. The predicted octanol–water partition coefficient (Wildman–Crippen LogP) is 3.25. The molecule has 0 heterocycles. The van der Waals surface area contributed by atoms with Crippen molar-refractivity contribution >= 4 is 14.1 Å². The van der Waals surface area contributed by atoms with Gasteiger partial charge in [0, 0.05) is 6.04 Å². The fraction of sp³-hybridized carbons (Fsp3) is 1.00. The Labute approximate surface area is 88.9 Å². The van der Waals surface area contributed by atoms with E-state index in [1.807, 2.05) is 0 Å². The van der Waals surface area contributed by atoms with E-state index in [2.05, 4.69) is 39.8 Å². The molecule has 0 bridgehead atoms. The molecule has 0 spiro atoms. The van der Waals surface area contributed by atoms with Crippen molar-refractivity contribution < 1.29 is 0 Å². The number of nitrogens with zero attached hydrogens (tertiary/aromatic N) is 1. The van der Waals surface area contributed by atoms with Crippen molar-refractivity contribution in [3.05, 3.63) is 0 Å². The Morgan fingerprint density at radius 2 is 1.62 bits per heavy atom. The van der Waals surface area contributed by atoms with Crippen molar-refractivity contribution in [3.8, 4) is 0 Å². The molecule has 2 heteroatoms. The Balaban J connectivity index is 3.69. The largest absolute Gasteiger partial charge is 0.307 e. The van der Waals surface area contributed by atoms with Gasteiger partial charge in [0.05, 0.1) is 0 Å². The number of hydrogen-bond donors (Lipinski definition) is 0. The minimum atomic E-state index is -0.330. The standard InChI is InChI=1S/C7H16N.2C2H5.Al/c1-5-7(6-2)8(3)4;2*1-2;/h7H,1,5-6H2,2-4H3;2*1H2,2H3;. The van der Waals surface area contributed by atoms with Crippen molar-refractivity contribution in [1.29, 1.82) is 0 Å². The molecule has 0 aliphatic rings. The summed E-state index contributed by atoms with van der Waals surface area (Å²) in [5.74, 6) is 0. The van der Waals surface area contributed by atoms with Gasteiger partial charge in [-0.05, 0) is 26.9 Å². The van der Waals surface area contributed by atoms with E-state index >= 15 is 0 Å². The Kier molecular flexibility index (Phi) is 8.15. The van der Waals surface area contributed by atoms with Crippen molar-refractivity contribution in [2.24, 2.45) is 0 Å². The van der Waals surface area contributed by atoms with E-state index in [0.717, 1.165) is 6.04 Å². The van der Waals surface area contributed by atoms with Gasteiger partial charge in [-0.2, -0.15) is 0 Å². The normalized spacial score (nSPS) is 13.4. The van der Waals surface area contributed by atoms with Crippen LogP contribution in [0.1, 0.15) is 33.6 Å². The smallest absolute Gasteiger partial charge is 0.261 e. The highest BCUT2D eigenvalue weighted by atomic mass is 27.2. The minimum absolute atomic E-state index is 0.330. The van der Waals surface area contributed by atoms with Crippen LogP contribution in [0.2, 0.25) is 15.8 Å². The first-order chi connectivity index (χ1) is 6.15. The maximum atomic E-state index is 2.39. The van der Waals surface area contributed by atoms with Crippen LogP contribution in [0.4, 0.5) is 0 Å². The molecule has 0 saturated heterocycles. The van der Waals surface area contributed by atoms with Gasteiger partial charge in [-0.1, -0.05) is 36.6 Å². The van der Waals surface area contributed by atoms with Crippen LogP contribution in [0.15, 0.2) is 0 Å².